The molecule has 0 aliphatic heterocycles. The first-order valence-corrected chi connectivity index (χ1v) is 3.55. The summed E-state index contributed by atoms with van der Waals surface area (Å²) in [5.74, 6) is -0.351. The first kappa shape index (κ1) is 10.0. The van der Waals surface area contributed by atoms with Gasteiger partial charge in [0.1, 0.15) is 6.26 Å². The molecule has 0 aliphatic carbocycles. The van der Waals surface area contributed by atoms with Gasteiger partial charge in [0.2, 0.25) is 0 Å². The van der Waals surface area contributed by atoms with Gasteiger partial charge in [-0.3, -0.25) is 4.79 Å². The van der Waals surface area contributed by atoms with Gasteiger partial charge >= 0.3 is 5.97 Å². The largest absolute Gasteiger partial charge is 0.426 e. The van der Waals surface area contributed by atoms with E-state index in [0.29, 0.717) is 0 Å². The van der Waals surface area contributed by atoms with E-state index in [1.807, 2.05) is 0 Å². The second-order valence-electron chi connectivity index (χ2n) is 1.63. The molecule has 0 aromatic rings. The Balaban J connectivity index is 3.61. The predicted molar refractivity (Wildman–Crippen MR) is 44.0 cm³/mol. The van der Waals surface area contributed by atoms with E-state index in [1.54, 1.807) is 13.0 Å². The van der Waals surface area contributed by atoms with E-state index in [2.05, 4.69) is 10.5 Å². The fourth-order valence-corrected chi connectivity index (χ4v) is 0.446. The Bertz CT molecular complexity index is 200. The summed E-state index contributed by atoms with van der Waals surface area (Å²) in [6.45, 7) is 1.78. The van der Waals surface area contributed by atoms with Gasteiger partial charge in [-0.2, -0.15) is 0 Å². The fourth-order valence-electron chi connectivity index (χ4n) is 0.357. The summed E-state index contributed by atoms with van der Waals surface area (Å²) in [7, 11) is 0. The number of rotatable bonds is 3. The van der Waals surface area contributed by atoms with Crippen molar-refractivity contribution in [3.05, 3.63) is 29.7 Å². The molecule has 0 heterocycles. The molecule has 0 bridgehead atoms. The summed E-state index contributed by atoms with van der Waals surface area (Å²) in [6.07, 6.45) is 4.55. The molecule has 0 N–H and O–H groups in total. The van der Waals surface area contributed by atoms with E-state index >= 15 is 0 Å². The first-order valence-electron chi connectivity index (χ1n) is 3.11. The van der Waals surface area contributed by atoms with Crippen molar-refractivity contribution in [3.63, 3.8) is 0 Å². The molecule has 0 fully saturated rings. The molecule has 60 valence electrons. The summed E-state index contributed by atoms with van der Waals surface area (Å²) in [6, 6.07) is 0. The molecule has 0 aromatic carbocycles. The molecule has 0 aliphatic rings. The molecule has 0 saturated carbocycles. The number of carbonyl (C=O) groups is 1. The van der Waals surface area contributed by atoms with Crippen molar-refractivity contribution in [3.8, 4) is 0 Å². The molecule has 0 amide bonds. The summed E-state index contributed by atoms with van der Waals surface area (Å²) in [5, 5.41) is 0. The van der Waals surface area contributed by atoms with Gasteiger partial charge in [-0.15, -0.1) is 0 Å². The number of allylic oxidation sites excluding steroid dienone is 1. The van der Waals surface area contributed by atoms with Gasteiger partial charge in [0, 0.05) is 5.54 Å². The number of carbonyl (C=O) groups excluding carboxylic acids is 1. The third-order valence-corrected chi connectivity index (χ3v) is 0.977. The fraction of sp³-hybridized carbons (Fsp3) is 0.250. The van der Waals surface area contributed by atoms with Gasteiger partial charge in [-0.1, -0.05) is 23.4 Å². The molecule has 0 saturated heterocycles. The Morgan fingerprint density at radius 2 is 2.45 bits per heavy atom. The lowest BCUT2D eigenvalue weighted by Crippen LogP contribution is -1.95. The quantitative estimate of drug-likeness (QED) is 0.371. The minimum absolute atomic E-state index is 0.186. The van der Waals surface area contributed by atoms with Crippen molar-refractivity contribution in [1.29, 1.82) is 0 Å². The van der Waals surface area contributed by atoms with Crippen LogP contribution in [-0.4, -0.2) is 5.97 Å². The Kier molecular flexibility index (Phi) is 6.50. The third kappa shape index (κ3) is 6.91. The lowest BCUT2D eigenvalue weighted by Gasteiger charge is -1.90. The molecule has 0 unspecified atom stereocenters. The Morgan fingerprint density at radius 3 is 3.00 bits per heavy atom. The van der Waals surface area contributed by atoms with Crippen LogP contribution in [0.2, 0.25) is 0 Å². The van der Waals surface area contributed by atoms with Crippen LogP contribution in [0.15, 0.2) is 29.7 Å². The van der Waals surface area contributed by atoms with Crippen LogP contribution >= 0.6 is 11.6 Å². The SMILES string of the molecule is CC=C=COC(=O)CC=CCl. The summed E-state index contributed by atoms with van der Waals surface area (Å²) < 4.78 is 4.57. The zero-order valence-corrected chi connectivity index (χ0v) is 6.97. The van der Waals surface area contributed by atoms with Crippen LogP contribution in [0.5, 0.6) is 0 Å². The number of ether oxygens (including phenoxy) is 1. The zero-order chi connectivity index (χ0) is 8.53. The maximum atomic E-state index is 10.7. The molecule has 3 heteroatoms. The van der Waals surface area contributed by atoms with E-state index in [-0.39, 0.29) is 12.4 Å². The summed E-state index contributed by atoms with van der Waals surface area (Å²) in [5.41, 5.74) is 3.88. The molecular formula is C8H9ClO2. The van der Waals surface area contributed by atoms with Crippen LogP contribution in [-0.2, 0) is 9.53 Å². The Labute approximate surface area is 70.8 Å². The number of esters is 1. The van der Waals surface area contributed by atoms with Crippen LogP contribution in [0, 0.1) is 0 Å². The van der Waals surface area contributed by atoms with Crippen molar-refractivity contribution < 1.29 is 9.53 Å². The summed E-state index contributed by atoms with van der Waals surface area (Å²) in [4.78, 5) is 10.7. The third-order valence-electron chi connectivity index (χ3n) is 0.799. The minimum Gasteiger partial charge on any atom is -0.426 e. The van der Waals surface area contributed by atoms with Gasteiger partial charge in [0.25, 0.3) is 0 Å². The van der Waals surface area contributed by atoms with Crippen LogP contribution in [0.3, 0.4) is 0 Å². The molecule has 0 radical (unpaired) electrons. The maximum Gasteiger partial charge on any atom is 0.315 e. The molecule has 2 nitrogen and oxygen atoms in total. The zero-order valence-electron chi connectivity index (χ0n) is 6.21. The van der Waals surface area contributed by atoms with Gasteiger partial charge in [0.15, 0.2) is 0 Å². The van der Waals surface area contributed by atoms with Gasteiger partial charge in [-0.25, -0.2) is 0 Å². The van der Waals surface area contributed by atoms with Crippen molar-refractivity contribution in [1.82, 2.24) is 0 Å². The van der Waals surface area contributed by atoms with E-state index in [1.165, 1.54) is 17.9 Å². The van der Waals surface area contributed by atoms with Crippen LogP contribution in [0.4, 0.5) is 0 Å². The Hall–Kier alpha value is -0.980. The molecule has 0 aromatic heterocycles. The standard InChI is InChI=1S/C8H9ClO2/c1-2-3-7-11-8(10)5-4-6-9/h2,4,6-7H,5H2,1H3. The van der Waals surface area contributed by atoms with E-state index in [9.17, 15) is 4.79 Å². The lowest BCUT2D eigenvalue weighted by atomic mass is 10.4. The van der Waals surface area contributed by atoms with Gasteiger partial charge < -0.3 is 4.74 Å². The molecule has 0 atom stereocenters. The first-order chi connectivity index (χ1) is 5.31. The van der Waals surface area contributed by atoms with Gasteiger partial charge in [0.05, 0.1) is 6.42 Å². The second kappa shape index (κ2) is 7.13. The molecular weight excluding hydrogens is 164 g/mol. The normalized spacial score (nSPS) is 8.91. The van der Waals surface area contributed by atoms with Crippen molar-refractivity contribution in [2.75, 3.05) is 0 Å². The van der Waals surface area contributed by atoms with Crippen molar-refractivity contribution >= 4 is 17.6 Å². The monoisotopic (exact) mass is 172 g/mol. The van der Waals surface area contributed by atoms with E-state index in [0.717, 1.165) is 0 Å². The maximum absolute atomic E-state index is 10.7. The van der Waals surface area contributed by atoms with Gasteiger partial charge in [-0.05, 0) is 13.0 Å². The highest BCUT2D eigenvalue weighted by molar-refractivity contribution is 6.25. The van der Waals surface area contributed by atoms with Crippen LogP contribution in [0.1, 0.15) is 13.3 Å². The number of hydrogen-bond donors (Lipinski definition) is 0. The lowest BCUT2D eigenvalue weighted by molar-refractivity contribution is -0.136. The number of hydrogen-bond acceptors (Lipinski definition) is 2. The number of halogens is 1. The molecule has 0 spiro atoms. The topological polar surface area (TPSA) is 26.3 Å². The van der Waals surface area contributed by atoms with Crippen LogP contribution < -0.4 is 0 Å². The average Bonchev–Trinajstić information content (AvgIpc) is 2.01. The highest BCUT2D eigenvalue weighted by atomic mass is 35.5. The van der Waals surface area contributed by atoms with Crippen molar-refractivity contribution in [2.45, 2.75) is 13.3 Å². The van der Waals surface area contributed by atoms with E-state index < -0.39 is 0 Å². The second-order valence-corrected chi connectivity index (χ2v) is 1.88. The minimum atomic E-state index is -0.351. The predicted octanol–water partition coefficient (Wildman–Crippen LogP) is 2.36. The summed E-state index contributed by atoms with van der Waals surface area (Å²) >= 11 is 5.19. The smallest absolute Gasteiger partial charge is 0.315 e. The van der Waals surface area contributed by atoms with Crippen LogP contribution in [0.25, 0.3) is 0 Å². The molecule has 0 rings (SSSR count). The van der Waals surface area contributed by atoms with E-state index in [4.69, 9.17) is 11.6 Å². The highest BCUT2D eigenvalue weighted by Gasteiger charge is 1.93. The Morgan fingerprint density at radius 1 is 1.73 bits per heavy atom. The highest BCUT2D eigenvalue weighted by Crippen LogP contribution is 1.90. The van der Waals surface area contributed by atoms with Crippen molar-refractivity contribution in [2.24, 2.45) is 0 Å². The molecule has 11 heavy (non-hydrogen) atoms. The average molecular weight is 173 g/mol.